The lowest BCUT2D eigenvalue weighted by molar-refractivity contribution is 0.0497. The van der Waals surface area contributed by atoms with Gasteiger partial charge in [-0.15, -0.1) is 0 Å². The summed E-state index contributed by atoms with van der Waals surface area (Å²) in [5.41, 5.74) is 3.03. The van der Waals surface area contributed by atoms with Gasteiger partial charge in [-0.2, -0.15) is 0 Å². The number of carbonyl (C=O) groups excluding carboxylic acids is 1. The number of ether oxygens (including phenoxy) is 1. The molecule has 5 nitrogen and oxygen atoms in total. The molecule has 2 rings (SSSR count). The van der Waals surface area contributed by atoms with Crippen LogP contribution in [-0.2, 0) is 17.6 Å². The van der Waals surface area contributed by atoms with E-state index in [9.17, 15) is 20.1 Å². The molecule has 3 N–H and O–H groups in total. The van der Waals surface area contributed by atoms with Crippen LogP contribution in [0.2, 0.25) is 0 Å². The van der Waals surface area contributed by atoms with E-state index in [1.165, 1.54) is 51.0 Å². The molecule has 2 aromatic carbocycles. The molecular formula is C29H42O5. The van der Waals surface area contributed by atoms with Gasteiger partial charge in [0.2, 0.25) is 5.75 Å². The van der Waals surface area contributed by atoms with Gasteiger partial charge in [-0.25, -0.2) is 4.79 Å². The summed E-state index contributed by atoms with van der Waals surface area (Å²) in [6, 6.07) is 6.89. The Kier molecular flexibility index (Phi) is 11.8. The number of phenols is 3. The smallest absolute Gasteiger partial charge is 0.339 e. The second kappa shape index (κ2) is 14.5. The van der Waals surface area contributed by atoms with E-state index in [-0.39, 0.29) is 17.7 Å². The maximum absolute atomic E-state index is 12.9. The van der Waals surface area contributed by atoms with Gasteiger partial charge in [-0.05, 0) is 42.0 Å². The normalized spacial score (nSPS) is 11.0. The number of carbonyl (C=O) groups is 1. The van der Waals surface area contributed by atoms with Crippen LogP contribution in [0.5, 0.6) is 17.2 Å². The monoisotopic (exact) mass is 470 g/mol. The van der Waals surface area contributed by atoms with E-state index in [1.54, 1.807) is 0 Å². The van der Waals surface area contributed by atoms with Crippen molar-refractivity contribution in [3.05, 3.63) is 41.0 Å². The number of hydrogen-bond acceptors (Lipinski definition) is 5. The molecule has 0 atom stereocenters. The summed E-state index contributed by atoms with van der Waals surface area (Å²) < 4.78 is 5.50. The third kappa shape index (κ3) is 7.41. The number of esters is 1. The number of aryl methyl sites for hydroxylation is 1. The zero-order valence-electron chi connectivity index (χ0n) is 21.2. The van der Waals surface area contributed by atoms with Gasteiger partial charge < -0.3 is 20.1 Å². The molecule has 188 valence electrons. The molecule has 0 aliphatic heterocycles. The van der Waals surface area contributed by atoms with Crippen LogP contribution in [0.1, 0.15) is 106 Å². The Bertz CT molecular complexity index is 919. The Balaban J connectivity index is 2.03. The summed E-state index contributed by atoms with van der Waals surface area (Å²) in [7, 11) is 0. The van der Waals surface area contributed by atoms with Gasteiger partial charge in [-0.1, -0.05) is 96.8 Å². The fraction of sp³-hybridized carbons (Fsp3) is 0.552. The van der Waals surface area contributed by atoms with Gasteiger partial charge in [0, 0.05) is 5.56 Å². The zero-order chi connectivity index (χ0) is 24.9. The minimum Gasteiger partial charge on any atom is -0.504 e. The topological polar surface area (TPSA) is 87.0 Å². The third-order valence-corrected chi connectivity index (χ3v) is 6.48. The van der Waals surface area contributed by atoms with Crippen molar-refractivity contribution in [2.24, 2.45) is 0 Å². The quantitative estimate of drug-likeness (QED) is 0.141. The first-order valence-electron chi connectivity index (χ1n) is 13.0. The van der Waals surface area contributed by atoms with Crippen molar-refractivity contribution >= 4 is 5.97 Å². The van der Waals surface area contributed by atoms with Crippen LogP contribution in [0.25, 0.3) is 11.1 Å². The van der Waals surface area contributed by atoms with Crippen LogP contribution in [-0.4, -0.2) is 27.9 Å². The number of benzene rings is 2. The Morgan fingerprint density at radius 1 is 0.794 bits per heavy atom. The molecule has 0 unspecified atom stereocenters. The predicted octanol–water partition coefficient (Wildman–Crippen LogP) is 7.67. The highest BCUT2D eigenvalue weighted by Crippen LogP contribution is 2.46. The van der Waals surface area contributed by atoms with Crippen LogP contribution >= 0.6 is 0 Å². The first-order valence-corrected chi connectivity index (χ1v) is 13.0. The maximum atomic E-state index is 12.9. The van der Waals surface area contributed by atoms with Crippen molar-refractivity contribution in [2.75, 3.05) is 6.61 Å². The fourth-order valence-corrected chi connectivity index (χ4v) is 4.53. The highest BCUT2D eigenvalue weighted by Gasteiger charge is 2.25. The zero-order valence-corrected chi connectivity index (χ0v) is 21.2. The minimum absolute atomic E-state index is 0.0582. The van der Waals surface area contributed by atoms with Gasteiger partial charge in [0.15, 0.2) is 11.5 Å². The Morgan fingerprint density at radius 2 is 1.41 bits per heavy atom. The van der Waals surface area contributed by atoms with Gasteiger partial charge in [0.25, 0.3) is 0 Å². The molecule has 0 heterocycles. The Labute approximate surface area is 204 Å². The molecule has 0 bridgehead atoms. The Hall–Kier alpha value is -2.69. The maximum Gasteiger partial charge on any atom is 0.339 e. The first-order chi connectivity index (χ1) is 16.5. The second-order valence-corrected chi connectivity index (χ2v) is 8.98. The molecule has 34 heavy (non-hydrogen) atoms. The van der Waals surface area contributed by atoms with Gasteiger partial charge in [0.05, 0.1) is 12.2 Å². The van der Waals surface area contributed by atoms with E-state index < -0.39 is 23.2 Å². The van der Waals surface area contributed by atoms with Crippen LogP contribution in [0, 0.1) is 0 Å². The van der Waals surface area contributed by atoms with Crippen LogP contribution in [0.3, 0.4) is 0 Å². The van der Waals surface area contributed by atoms with Crippen LogP contribution in [0.15, 0.2) is 24.3 Å². The summed E-state index contributed by atoms with van der Waals surface area (Å²) in [5.74, 6) is -2.30. The summed E-state index contributed by atoms with van der Waals surface area (Å²) in [5, 5.41) is 30.9. The number of unbranched alkanes of at least 4 members (excludes halogenated alkanes) is 9. The molecule has 0 aromatic heterocycles. The van der Waals surface area contributed by atoms with Crippen molar-refractivity contribution in [2.45, 2.75) is 97.8 Å². The number of rotatable bonds is 15. The average Bonchev–Trinajstić information content (AvgIpc) is 2.84. The van der Waals surface area contributed by atoms with E-state index in [2.05, 4.69) is 6.92 Å². The largest absolute Gasteiger partial charge is 0.504 e. The van der Waals surface area contributed by atoms with Crippen molar-refractivity contribution in [3.8, 4) is 28.4 Å². The number of hydrogen-bond donors (Lipinski definition) is 3. The number of phenolic OH excluding ortho intramolecular Hbond substituents is 3. The van der Waals surface area contributed by atoms with Crippen LogP contribution < -0.4 is 0 Å². The SMILES string of the molecule is CCCCCCCCCCCCOC(=O)c1cc(O)c(O)c(O)c1-c1cccc(CC)c1CC. The molecular weight excluding hydrogens is 428 g/mol. The van der Waals surface area contributed by atoms with Gasteiger partial charge in [0.1, 0.15) is 0 Å². The second-order valence-electron chi connectivity index (χ2n) is 8.98. The number of aromatic hydroxyl groups is 3. The highest BCUT2D eigenvalue weighted by molar-refractivity contribution is 6.01. The van der Waals surface area contributed by atoms with E-state index in [0.717, 1.165) is 36.8 Å². The van der Waals surface area contributed by atoms with E-state index in [4.69, 9.17) is 4.74 Å². The van der Waals surface area contributed by atoms with Crippen LogP contribution in [0.4, 0.5) is 0 Å². The van der Waals surface area contributed by atoms with E-state index in [0.29, 0.717) is 12.0 Å². The first kappa shape index (κ1) is 27.6. The average molecular weight is 471 g/mol. The van der Waals surface area contributed by atoms with Gasteiger partial charge >= 0.3 is 5.97 Å². The summed E-state index contributed by atoms with van der Waals surface area (Å²) in [6.07, 6.45) is 13.4. The molecule has 0 radical (unpaired) electrons. The lowest BCUT2D eigenvalue weighted by Gasteiger charge is -2.18. The molecule has 0 fully saturated rings. The third-order valence-electron chi connectivity index (χ3n) is 6.48. The summed E-state index contributed by atoms with van der Waals surface area (Å²) in [4.78, 5) is 12.9. The molecule has 0 saturated heterocycles. The lowest BCUT2D eigenvalue weighted by atomic mass is 9.89. The predicted molar refractivity (Wildman–Crippen MR) is 138 cm³/mol. The van der Waals surface area contributed by atoms with E-state index in [1.807, 2.05) is 32.0 Å². The van der Waals surface area contributed by atoms with E-state index >= 15 is 0 Å². The molecule has 5 heteroatoms. The van der Waals surface area contributed by atoms with Crippen molar-refractivity contribution < 1.29 is 24.9 Å². The highest BCUT2D eigenvalue weighted by atomic mass is 16.5. The van der Waals surface area contributed by atoms with Crippen molar-refractivity contribution in [1.82, 2.24) is 0 Å². The molecule has 2 aromatic rings. The molecule has 0 saturated carbocycles. The summed E-state index contributed by atoms with van der Waals surface area (Å²) >= 11 is 0. The standard InChI is InChI=1S/C29H42O5/c1-4-7-8-9-10-11-12-13-14-15-19-34-29(33)24-20-25(30)27(31)28(32)26(24)23-18-16-17-21(5-2)22(23)6-3/h16-18,20,30-32H,4-15,19H2,1-3H3. The summed E-state index contributed by atoms with van der Waals surface area (Å²) in [6.45, 7) is 6.58. The molecule has 0 aliphatic carbocycles. The fourth-order valence-electron chi connectivity index (χ4n) is 4.53. The molecule has 0 spiro atoms. The van der Waals surface area contributed by atoms with Crippen molar-refractivity contribution in [3.63, 3.8) is 0 Å². The molecule has 0 aliphatic rings. The lowest BCUT2D eigenvalue weighted by Crippen LogP contribution is -2.09. The van der Waals surface area contributed by atoms with Crippen molar-refractivity contribution in [1.29, 1.82) is 0 Å². The minimum atomic E-state index is -0.634. The molecule has 0 amide bonds. The Morgan fingerprint density at radius 3 is 2.00 bits per heavy atom. The van der Waals surface area contributed by atoms with Gasteiger partial charge in [-0.3, -0.25) is 0 Å².